The van der Waals surface area contributed by atoms with Gasteiger partial charge in [-0.1, -0.05) is 18.2 Å². The number of carbonyl (C=O) groups excluding carboxylic acids is 2. The van der Waals surface area contributed by atoms with Gasteiger partial charge in [0.15, 0.2) is 0 Å². The van der Waals surface area contributed by atoms with Gasteiger partial charge in [0.1, 0.15) is 17.2 Å². The van der Waals surface area contributed by atoms with Crippen LogP contribution in [0.2, 0.25) is 0 Å². The fourth-order valence-corrected chi connectivity index (χ4v) is 3.53. The number of fused-ring (bicyclic) bond motifs is 2. The zero-order valence-electron chi connectivity index (χ0n) is 16.9. The highest BCUT2D eigenvalue weighted by Gasteiger charge is 2.21. The van der Waals surface area contributed by atoms with E-state index in [1.807, 2.05) is 31.2 Å². The van der Waals surface area contributed by atoms with Crippen molar-refractivity contribution in [1.29, 1.82) is 0 Å². The maximum Gasteiger partial charge on any atom is 0.246 e. The quantitative estimate of drug-likeness (QED) is 0.647. The monoisotopic (exact) mass is 405 g/mol. The van der Waals surface area contributed by atoms with Gasteiger partial charge in [0.05, 0.1) is 12.6 Å². The fraction of sp³-hybridized carbons (Fsp3) is 0.261. The number of amides is 2. The van der Waals surface area contributed by atoms with Crippen LogP contribution >= 0.6 is 0 Å². The van der Waals surface area contributed by atoms with Crippen molar-refractivity contribution in [2.45, 2.75) is 32.4 Å². The first-order chi connectivity index (χ1) is 14.4. The van der Waals surface area contributed by atoms with Crippen molar-refractivity contribution in [3.63, 3.8) is 0 Å². The average Bonchev–Trinajstić information content (AvgIpc) is 2.98. The van der Waals surface area contributed by atoms with Crippen molar-refractivity contribution in [1.82, 2.24) is 9.88 Å². The maximum absolute atomic E-state index is 12.6. The largest absolute Gasteiger partial charge is 0.459 e. The minimum Gasteiger partial charge on any atom is -0.459 e. The number of anilines is 1. The molecule has 0 radical (unpaired) electrons. The van der Waals surface area contributed by atoms with Gasteiger partial charge in [0.2, 0.25) is 11.8 Å². The van der Waals surface area contributed by atoms with E-state index in [4.69, 9.17) is 4.42 Å². The molecule has 3 aromatic rings. The average molecular weight is 405 g/mol. The first-order valence-corrected chi connectivity index (χ1v) is 9.80. The third-order valence-corrected chi connectivity index (χ3v) is 5.32. The molecule has 4 rings (SSSR count). The van der Waals surface area contributed by atoms with Gasteiger partial charge < -0.3 is 19.7 Å². The molecule has 2 N–H and O–H groups in total. The van der Waals surface area contributed by atoms with Gasteiger partial charge in [0, 0.05) is 42.3 Å². The molecule has 0 spiro atoms. The van der Waals surface area contributed by atoms with Crippen molar-refractivity contribution in [3.05, 3.63) is 65.1 Å². The summed E-state index contributed by atoms with van der Waals surface area (Å²) in [4.78, 5) is 30.0. The standard InChI is InChI=1S/C23H23N3O4/c1-14-16-5-3-4-6-19(16)30-20(14)13-26(2)22(29)10-7-15-11-17-18(27)8-9-21(28)25-23(17)24-12-15/h3-7,10-12,18,27H,8-9,13H2,1-2H3,(H,24,25,28). The number of carbonyl (C=O) groups is 2. The number of aliphatic hydroxyl groups excluding tert-OH is 1. The Hall–Kier alpha value is -3.45. The van der Waals surface area contributed by atoms with Gasteiger partial charge >= 0.3 is 0 Å². The highest BCUT2D eigenvalue weighted by atomic mass is 16.3. The number of hydrogen-bond donors (Lipinski definition) is 2. The summed E-state index contributed by atoms with van der Waals surface area (Å²) in [6.45, 7) is 2.34. The van der Waals surface area contributed by atoms with E-state index in [-0.39, 0.29) is 18.2 Å². The van der Waals surface area contributed by atoms with E-state index < -0.39 is 6.10 Å². The Labute approximate surface area is 174 Å². The van der Waals surface area contributed by atoms with Crippen LogP contribution in [0.5, 0.6) is 0 Å². The second-order valence-corrected chi connectivity index (χ2v) is 7.48. The number of nitrogens with one attached hydrogen (secondary N) is 1. The molecule has 154 valence electrons. The Bertz CT molecular complexity index is 1150. The van der Waals surface area contributed by atoms with E-state index in [0.29, 0.717) is 29.9 Å². The Morgan fingerprint density at radius 2 is 2.20 bits per heavy atom. The first-order valence-electron chi connectivity index (χ1n) is 9.80. The van der Waals surface area contributed by atoms with Crippen LogP contribution in [-0.4, -0.2) is 33.9 Å². The van der Waals surface area contributed by atoms with E-state index in [0.717, 1.165) is 22.3 Å². The molecule has 2 aromatic heterocycles. The van der Waals surface area contributed by atoms with Crippen molar-refractivity contribution >= 4 is 34.7 Å². The molecule has 30 heavy (non-hydrogen) atoms. The van der Waals surface area contributed by atoms with Crippen LogP contribution in [0.3, 0.4) is 0 Å². The van der Waals surface area contributed by atoms with Crippen LogP contribution in [-0.2, 0) is 16.1 Å². The lowest BCUT2D eigenvalue weighted by Crippen LogP contribution is -2.24. The van der Waals surface area contributed by atoms with E-state index in [1.165, 1.54) is 6.08 Å². The summed E-state index contributed by atoms with van der Waals surface area (Å²) >= 11 is 0. The number of para-hydroxylation sites is 1. The van der Waals surface area contributed by atoms with E-state index >= 15 is 0 Å². The molecule has 1 aromatic carbocycles. The van der Waals surface area contributed by atoms with E-state index in [9.17, 15) is 14.7 Å². The van der Waals surface area contributed by atoms with Gasteiger partial charge in [-0.2, -0.15) is 0 Å². The molecule has 3 heterocycles. The highest BCUT2D eigenvalue weighted by molar-refractivity contribution is 5.93. The Balaban J connectivity index is 1.48. The van der Waals surface area contributed by atoms with Gasteiger partial charge in [-0.25, -0.2) is 4.98 Å². The van der Waals surface area contributed by atoms with Gasteiger partial charge in [-0.15, -0.1) is 0 Å². The zero-order chi connectivity index (χ0) is 21.3. The summed E-state index contributed by atoms with van der Waals surface area (Å²) in [5.41, 5.74) is 3.07. The second-order valence-electron chi connectivity index (χ2n) is 7.48. The molecule has 0 fully saturated rings. The third kappa shape index (κ3) is 3.97. The normalized spacial score (nSPS) is 16.4. The number of furan rings is 1. The Kier molecular flexibility index (Phi) is 5.37. The molecule has 0 aliphatic carbocycles. The van der Waals surface area contributed by atoms with Crippen molar-refractivity contribution in [2.75, 3.05) is 12.4 Å². The number of aliphatic hydroxyl groups is 1. The summed E-state index contributed by atoms with van der Waals surface area (Å²) in [6, 6.07) is 9.54. The predicted octanol–water partition coefficient (Wildman–Crippen LogP) is 3.57. The summed E-state index contributed by atoms with van der Waals surface area (Å²) in [6.07, 6.45) is 4.48. The first kappa shape index (κ1) is 19.8. The molecule has 2 amide bonds. The molecular weight excluding hydrogens is 382 g/mol. The maximum atomic E-state index is 12.6. The number of rotatable bonds is 4. The van der Waals surface area contributed by atoms with Crippen LogP contribution in [0.4, 0.5) is 5.82 Å². The molecule has 0 saturated carbocycles. The van der Waals surface area contributed by atoms with Crippen LogP contribution in [0.1, 0.15) is 41.4 Å². The van der Waals surface area contributed by atoms with Crippen molar-refractivity contribution < 1.29 is 19.1 Å². The number of aryl methyl sites for hydroxylation is 1. The number of hydrogen-bond acceptors (Lipinski definition) is 5. The Morgan fingerprint density at radius 1 is 1.40 bits per heavy atom. The SMILES string of the molecule is Cc1c(CN(C)C(=O)C=Cc2cnc3c(c2)C(O)CCC(=O)N3)oc2ccccc12. The number of likely N-dealkylation sites (N-methyl/N-ethyl adjacent to an activating group) is 1. The highest BCUT2D eigenvalue weighted by Crippen LogP contribution is 2.29. The summed E-state index contributed by atoms with van der Waals surface area (Å²) in [5.74, 6) is 0.775. The number of benzene rings is 1. The smallest absolute Gasteiger partial charge is 0.246 e. The molecule has 1 atom stereocenters. The lowest BCUT2D eigenvalue weighted by Gasteiger charge is -2.14. The van der Waals surface area contributed by atoms with Gasteiger partial charge in [0.25, 0.3) is 0 Å². The van der Waals surface area contributed by atoms with E-state index in [1.54, 1.807) is 30.3 Å². The van der Waals surface area contributed by atoms with Crippen LogP contribution in [0.25, 0.3) is 17.0 Å². The van der Waals surface area contributed by atoms with Crippen LogP contribution in [0.15, 0.2) is 47.0 Å². The van der Waals surface area contributed by atoms with Crippen molar-refractivity contribution in [2.24, 2.45) is 0 Å². The number of pyridine rings is 1. The van der Waals surface area contributed by atoms with Gasteiger partial charge in [-0.3, -0.25) is 9.59 Å². The molecule has 7 heteroatoms. The number of aromatic nitrogens is 1. The number of nitrogens with zero attached hydrogens (tertiary/aromatic N) is 2. The zero-order valence-corrected chi connectivity index (χ0v) is 16.9. The van der Waals surface area contributed by atoms with Gasteiger partial charge in [-0.05, 0) is 37.1 Å². The topological polar surface area (TPSA) is 95.7 Å². The minimum absolute atomic E-state index is 0.165. The minimum atomic E-state index is -0.769. The molecule has 0 saturated heterocycles. The van der Waals surface area contributed by atoms with Crippen LogP contribution < -0.4 is 5.32 Å². The lowest BCUT2D eigenvalue weighted by atomic mass is 10.1. The molecular formula is C23H23N3O4. The van der Waals surface area contributed by atoms with Crippen LogP contribution in [0, 0.1) is 6.92 Å². The summed E-state index contributed by atoms with van der Waals surface area (Å²) < 4.78 is 5.89. The molecule has 1 aliphatic heterocycles. The molecule has 1 aliphatic rings. The summed E-state index contributed by atoms with van der Waals surface area (Å²) in [5, 5.41) is 14.0. The second kappa shape index (κ2) is 8.12. The van der Waals surface area contributed by atoms with E-state index in [2.05, 4.69) is 10.3 Å². The molecule has 1 unspecified atom stereocenters. The lowest BCUT2D eigenvalue weighted by molar-refractivity contribution is -0.125. The third-order valence-electron chi connectivity index (χ3n) is 5.32. The summed E-state index contributed by atoms with van der Waals surface area (Å²) in [7, 11) is 1.72. The molecule has 0 bridgehead atoms. The fourth-order valence-electron chi connectivity index (χ4n) is 3.53. The Morgan fingerprint density at radius 3 is 3.00 bits per heavy atom. The predicted molar refractivity (Wildman–Crippen MR) is 114 cm³/mol. The molecule has 7 nitrogen and oxygen atoms in total. The van der Waals surface area contributed by atoms with Crippen molar-refractivity contribution in [3.8, 4) is 0 Å².